The van der Waals surface area contributed by atoms with E-state index >= 15 is 0 Å². The van der Waals surface area contributed by atoms with Crippen molar-refractivity contribution in [1.82, 2.24) is 4.90 Å². The number of hydrogen-bond donors (Lipinski definition) is 1. The van der Waals surface area contributed by atoms with Crippen molar-refractivity contribution < 1.29 is 4.74 Å². The minimum atomic E-state index is 0.589. The summed E-state index contributed by atoms with van der Waals surface area (Å²) in [5, 5.41) is 0. The molecule has 0 unspecified atom stereocenters. The van der Waals surface area contributed by atoms with Crippen LogP contribution < -0.4 is 5.73 Å². The molecule has 0 bridgehead atoms. The highest BCUT2D eigenvalue weighted by Gasteiger charge is 2.07. The van der Waals surface area contributed by atoms with Gasteiger partial charge in [0.25, 0.3) is 0 Å². The second-order valence-corrected chi connectivity index (χ2v) is 4.24. The Labute approximate surface area is 95.0 Å². The van der Waals surface area contributed by atoms with Crippen LogP contribution in [0, 0.1) is 0 Å². The Balaban J connectivity index is 3.48. The maximum Gasteiger partial charge on any atom is 0.0593 e. The number of ether oxygens (including phenoxy) is 1. The van der Waals surface area contributed by atoms with Gasteiger partial charge in [0.15, 0.2) is 0 Å². The van der Waals surface area contributed by atoms with Gasteiger partial charge in [0.05, 0.1) is 6.61 Å². The van der Waals surface area contributed by atoms with Gasteiger partial charge in [-0.25, -0.2) is 0 Å². The Morgan fingerprint density at radius 3 is 2.40 bits per heavy atom. The first-order valence-corrected chi connectivity index (χ1v) is 6.24. The maximum absolute atomic E-state index is 5.56. The normalized spacial score (nSPS) is 11.6. The Morgan fingerprint density at radius 1 is 1.13 bits per heavy atom. The van der Waals surface area contributed by atoms with Crippen molar-refractivity contribution in [2.45, 2.75) is 46.1 Å². The molecule has 0 fully saturated rings. The zero-order valence-electron chi connectivity index (χ0n) is 10.7. The molecular weight excluding hydrogens is 188 g/mol. The van der Waals surface area contributed by atoms with Crippen LogP contribution in [0.25, 0.3) is 0 Å². The van der Waals surface area contributed by atoms with E-state index in [1.54, 1.807) is 0 Å². The fraction of sp³-hybridized carbons (Fsp3) is 1.00. The smallest absolute Gasteiger partial charge is 0.0593 e. The van der Waals surface area contributed by atoms with Gasteiger partial charge in [0, 0.05) is 19.2 Å². The van der Waals surface area contributed by atoms with Gasteiger partial charge >= 0.3 is 0 Å². The van der Waals surface area contributed by atoms with Crippen molar-refractivity contribution in [2.24, 2.45) is 5.73 Å². The Bertz CT molecular complexity index is 129. The maximum atomic E-state index is 5.56. The summed E-state index contributed by atoms with van der Waals surface area (Å²) in [5.74, 6) is 0. The van der Waals surface area contributed by atoms with E-state index in [0.29, 0.717) is 6.04 Å². The predicted molar refractivity (Wildman–Crippen MR) is 66.1 cm³/mol. The van der Waals surface area contributed by atoms with E-state index in [9.17, 15) is 0 Å². The minimum absolute atomic E-state index is 0.589. The van der Waals surface area contributed by atoms with Crippen molar-refractivity contribution in [2.75, 3.05) is 32.8 Å². The molecule has 0 radical (unpaired) electrons. The van der Waals surface area contributed by atoms with Gasteiger partial charge < -0.3 is 10.5 Å². The molecule has 2 N–H and O–H groups in total. The van der Waals surface area contributed by atoms with Crippen LogP contribution in [-0.4, -0.2) is 43.8 Å². The van der Waals surface area contributed by atoms with Crippen LogP contribution in [0.3, 0.4) is 0 Å². The Kier molecular flexibility index (Phi) is 10.3. The molecule has 0 aliphatic heterocycles. The molecule has 92 valence electrons. The number of nitrogens with zero attached hydrogens (tertiary/aromatic N) is 1. The first-order chi connectivity index (χ1) is 7.22. The van der Waals surface area contributed by atoms with Crippen LogP contribution in [0.4, 0.5) is 0 Å². The van der Waals surface area contributed by atoms with Crippen LogP contribution in [0.5, 0.6) is 0 Å². The fourth-order valence-corrected chi connectivity index (χ4v) is 1.45. The second-order valence-electron chi connectivity index (χ2n) is 4.24. The van der Waals surface area contributed by atoms with E-state index in [4.69, 9.17) is 10.5 Å². The lowest BCUT2D eigenvalue weighted by molar-refractivity contribution is 0.0905. The SMILES string of the molecule is CCCCOCCN(CCCN)C(C)C. The molecular formula is C12H28N2O. The quantitative estimate of drug-likeness (QED) is 0.567. The lowest BCUT2D eigenvalue weighted by atomic mass is 10.3. The summed E-state index contributed by atoms with van der Waals surface area (Å²) in [6, 6.07) is 0.589. The highest BCUT2D eigenvalue weighted by atomic mass is 16.5. The molecule has 15 heavy (non-hydrogen) atoms. The van der Waals surface area contributed by atoms with Crippen molar-refractivity contribution >= 4 is 0 Å². The van der Waals surface area contributed by atoms with Crippen molar-refractivity contribution in [3.8, 4) is 0 Å². The number of hydrogen-bond acceptors (Lipinski definition) is 3. The van der Waals surface area contributed by atoms with Crippen molar-refractivity contribution in [3.63, 3.8) is 0 Å². The van der Waals surface area contributed by atoms with E-state index in [2.05, 4.69) is 25.7 Å². The van der Waals surface area contributed by atoms with Gasteiger partial charge in [-0.3, -0.25) is 4.90 Å². The molecule has 0 aromatic carbocycles. The summed E-state index contributed by atoms with van der Waals surface area (Å²) in [5.41, 5.74) is 5.51. The first kappa shape index (κ1) is 14.9. The summed E-state index contributed by atoms with van der Waals surface area (Å²) in [6.07, 6.45) is 3.46. The Morgan fingerprint density at radius 2 is 1.87 bits per heavy atom. The number of unbranched alkanes of at least 4 members (excludes halogenated alkanes) is 1. The van der Waals surface area contributed by atoms with Crippen LogP contribution in [0.1, 0.15) is 40.0 Å². The van der Waals surface area contributed by atoms with Crippen molar-refractivity contribution in [1.29, 1.82) is 0 Å². The third-order valence-corrected chi connectivity index (χ3v) is 2.54. The number of rotatable bonds is 10. The van der Waals surface area contributed by atoms with Crippen LogP contribution in [-0.2, 0) is 4.74 Å². The first-order valence-electron chi connectivity index (χ1n) is 6.24. The van der Waals surface area contributed by atoms with Crippen molar-refractivity contribution in [3.05, 3.63) is 0 Å². The second kappa shape index (κ2) is 10.4. The molecule has 0 amide bonds. The minimum Gasteiger partial charge on any atom is -0.380 e. The van der Waals surface area contributed by atoms with E-state index in [1.165, 1.54) is 12.8 Å². The molecule has 0 rings (SSSR count). The van der Waals surface area contributed by atoms with Crippen LogP contribution >= 0.6 is 0 Å². The van der Waals surface area contributed by atoms with E-state index in [1.807, 2.05) is 0 Å². The highest BCUT2D eigenvalue weighted by Crippen LogP contribution is 1.99. The lowest BCUT2D eigenvalue weighted by Gasteiger charge is -2.26. The van der Waals surface area contributed by atoms with Crippen LogP contribution in [0.2, 0.25) is 0 Å². The zero-order chi connectivity index (χ0) is 11.5. The molecule has 0 heterocycles. The predicted octanol–water partition coefficient (Wildman–Crippen LogP) is 1.86. The average molecular weight is 216 g/mol. The monoisotopic (exact) mass is 216 g/mol. The van der Waals surface area contributed by atoms with Gasteiger partial charge in [-0.1, -0.05) is 13.3 Å². The molecule has 0 aliphatic carbocycles. The van der Waals surface area contributed by atoms with Gasteiger partial charge in [-0.05, 0) is 39.8 Å². The van der Waals surface area contributed by atoms with Gasteiger partial charge in [0.2, 0.25) is 0 Å². The third kappa shape index (κ3) is 8.85. The zero-order valence-corrected chi connectivity index (χ0v) is 10.7. The standard InChI is InChI=1S/C12H28N2O/c1-4-5-10-15-11-9-14(12(2)3)8-6-7-13/h12H,4-11,13H2,1-3H3. The fourth-order valence-electron chi connectivity index (χ4n) is 1.45. The molecule has 0 aromatic heterocycles. The molecule has 0 saturated heterocycles. The van der Waals surface area contributed by atoms with Gasteiger partial charge in [0.1, 0.15) is 0 Å². The summed E-state index contributed by atoms with van der Waals surface area (Å²) >= 11 is 0. The number of nitrogens with two attached hydrogens (primary N) is 1. The highest BCUT2D eigenvalue weighted by molar-refractivity contribution is 4.62. The van der Waals surface area contributed by atoms with Gasteiger partial charge in [-0.15, -0.1) is 0 Å². The van der Waals surface area contributed by atoms with E-state index in [-0.39, 0.29) is 0 Å². The Hall–Kier alpha value is -0.120. The average Bonchev–Trinajstić information content (AvgIpc) is 2.21. The summed E-state index contributed by atoms with van der Waals surface area (Å²) in [4.78, 5) is 2.43. The topological polar surface area (TPSA) is 38.5 Å². The van der Waals surface area contributed by atoms with E-state index in [0.717, 1.165) is 39.3 Å². The largest absolute Gasteiger partial charge is 0.380 e. The molecule has 0 aromatic rings. The summed E-state index contributed by atoms with van der Waals surface area (Å²) in [6.45, 7) is 11.3. The summed E-state index contributed by atoms with van der Waals surface area (Å²) in [7, 11) is 0. The van der Waals surface area contributed by atoms with Crippen LogP contribution in [0.15, 0.2) is 0 Å². The molecule has 0 saturated carbocycles. The van der Waals surface area contributed by atoms with E-state index < -0.39 is 0 Å². The molecule has 3 nitrogen and oxygen atoms in total. The lowest BCUT2D eigenvalue weighted by Crippen LogP contribution is -2.35. The molecule has 3 heteroatoms. The molecule has 0 aliphatic rings. The van der Waals surface area contributed by atoms with Gasteiger partial charge in [-0.2, -0.15) is 0 Å². The summed E-state index contributed by atoms with van der Waals surface area (Å²) < 4.78 is 5.56. The molecule has 0 atom stereocenters. The molecule has 0 spiro atoms. The third-order valence-electron chi connectivity index (χ3n) is 2.54.